The van der Waals surface area contributed by atoms with Crippen molar-refractivity contribution in [1.29, 1.82) is 0 Å². The van der Waals surface area contributed by atoms with Crippen LogP contribution >= 0.6 is 23.2 Å². The Kier molecular flexibility index (Phi) is 6.09. The number of benzene rings is 1. The van der Waals surface area contributed by atoms with Crippen LogP contribution in [0.4, 0.5) is 4.79 Å². The molecule has 0 unspecified atom stereocenters. The standard InChI is InChI=1S/C19H22Cl2N2O3/c1-11-16(18(24)26-13-6-4-2-3-5-7-13)17(23-19(25)22-11)12-8-9-14(20)15(21)10-12/h8-10,13,17H,2-7H2,1H3,(H2,22,23,25)/t17-/m1/s1. The molecule has 1 aromatic carbocycles. The Labute approximate surface area is 163 Å². The van der Waals surface area contributed by atoms with E-state index in [-0.39, 0.29) is 12.1 Å². The number of carbonyl (C=O) groups excluding carboxylic acids is 2. The molecule has 2 aliphatic rings. The summed E-state index contributed by atoms with van der Waals surface area (Å²) in [7, 11) is 0. The lowest BCUT2D eigenvalue weighted by Gasteiger charge is -2.29. The molecule has 0 saturated heterocycles. The monoisotopic (exact) mass is 396 g/mol. The second kappa shape index (κ2) is 8.31. The molecule has 0 bridgehead atoms. The predicted octanol–water partition coefficient (Wildman–Crippen LogP) is 4.89. The van der Waals surface area contributed by atoms with Crippen LogP contribution in [0.3, 0.4) is 0 Å². The topological polar surface area (TPSA) is 67.4 Å². The van der Waals surface area contributed by atoms with Gasteiger partial charge in [-0.15, -0.1) is 0 Å². The molecule has 26 heavy (non-hydrogen) atoms. The summed E-state index contributed by atoms with van der Waals surface area (Å²) < 4.78 is 5.78. The van der Waals surface area contributed by atoms with Gasteiger partial charge in [0, 0.05) is 5.70 Å². The summed E-state index contributed by atoms with van der Waals surface area (Å²) >= 11 is 12.1. The fourth-order valence-corrected chi connectivity index (χ4v) is 3.79. The molecule has 3 rings (SSSR count). The minimum Gasteiger partial charge on any atom is -0.459 e. The highest BCUT2D eigenvalue weighted by Crippen LogP contribution is 2.32. The van der Waals surface area contributed by atoms with E-state index in [0.29, 0.717) is 26.9 Å². The van der Waals surface area contributed by atoms with Crippen LogP contribution < -0.4 is 10.6 Å². The number of hydrogen-bond donors (Lipinski definition) is 2. The molecule has 5 nitrogen and oxygen atoms in total. The molecule has 2 amide bonds. The number of ether oxygens (including phenoxy) is 1. The largest absolute Gasteiger partial charge is 0.459 e. The van der Waals surface area contributed by atoms with Crippen molar-refractivity contribution in [3.63, 3.8) is 0 Å². The quantitative estimate of drug-likeness (QED) is 0.564. The lowest BCUT2D eigenvalue weighted by molar-refractivity contribution is -0.145. The molecule has 1 atom stereocenters. The normalized spacial score (nSPS) is 21.7. The van der Waals surface area contributed by atoms with Crippen molar-refractivity contribution in [3.05, 3.63) is 45.1 Å². The first-order valence-corrected chi connectivity index (χ1v) is 9.65. The lowest BCUT2D eigenvalue weighted by Crippen LogP contribution is -2.45. The molecule has 140 valence electrons. The molecule has 1 saturated carbocycles. The molecule has 1 aliphatic carbocycles. The molecule has 1 aromatic rings. The summed E-state index contributed by atoms with van der Waals surface area (Å²) in [6.45, 7) is 1.70. The first kappa shape index (κ1) is 19.1. The van der Waals surface area contributed by atoms with Gasteiger partial charge in [0.05, 0.1) is 21.7 Å². The van der Waals surface area contributed by atoms with E-state index >= 15 is 0 Å². The van der Waals surface area contributed by atoms with Crippen LogP contribution in [-0.2, 0) is 9.53 Å². The van der Waals surface area contributed by atoms with E-state index in [1.165, 1.54) is 12.8 Å². The van der Waals surface area contributed by atoms with E-state index in [4.69, 9.17) is 27.9 Å². The zero-order valence-corrected chi connectivity index (χ0v) is 16.1. The van der Waals surface area contributed by atoms with E-state index < -0.39 is 12.0 Å². The van der Waals surface area contributed by atoms with Crippen LogP contribution in [-0.4, -0.2) is 18.1 Å². The average molecular weight is 397 g/mol. The Bertz CT molecular complexity index is 740. The van der Waals surface area contributed by atoms with E-state index in [1.807, 2.05) is 0 Å². The van der Waals surface area contributed by atoms with Gasteiger partial charge in [-0.1, -0.05) is 42.1 Å². The number of halogens is 2. The van der Waals surface area contributed by atoms with Gasteiger partial charge in [0.25, 0.3) is 0 Å². The Morgan fingerprint density at radius 2 is 1.81 bits per heavy atom. The van der Waals surface area contributed by atoms with Gasteiger partial charge in [-0.25, -0.2) is 9.59 Å². The van der Waals surface area contributed by atoms with Gasteiger partial charge in [0.1, 0.15) is 6.10 Å². The first-order valence-electron chi connectivity index (χ1n) is 8.90. The zero-order chi connectivity index (χ0) is 18.7. The number of rotatable bonds is 3. The van der Waals surface area contributed by atoms with Gasteiger partial charge >= 0.3 is 12.0 Å². The van der Waals surface area contributed by atoms with E-state index in [2.05, 4.69) is 10.6 Å². The van der Waals surface area contributed by atoms with Crippen LogP contribution in [0.2, 0.25) is 10.0 Å². The van der Waals surface area contributed by atoms with Crippen molar-refractivity contribution in [2.75, 3.05) is 0 Å². The van der Waals surface area contributed by atoms with Gasteiger partial charge in [0.2, 0.25) is 0 Å². The van der Waals surface area contributed by atoms with Gasteiger partial charge < -0.3 is 15.4 Å². The fourth-order valence-electron chi connectivity index (χ4n) is 3.48. The molecule has 1 aliphatic heterocycles. The number of allylic oxidation sites excluding steroid dienone is 1. The summed E-state index contributed by atoms with van der Waals surface area (Å²) in [6.07, 6.45) is 6.20. The Hall–Kier alpha value is -1.72. The number of carbonyl (C=O) groups is 2. The summed E-state index contributed by atoms with van der Waals surface area (Å²) in [4.78, 5) is 24.8. The third-order valence-corrected chi connectivity index (χ3v) is 5.58. The van der Waals surface area contributed by atoms with Crippen LogP contribution in [0.25, 0.3) is 0 Å². The number of nitrogens with one attached hydrogen (secondary N) is 2. The fraction of sp³-hybridized carbons (Fsp3) is 0.474. The van der Waals surface area contributed by atoms with Gasteiger partial charge in [0.15, 0.2) is 0 Å². The van der Waals surface area contributed by atoms with Gasteiger partial charge in [-0.3, -0.25) is 0 Å². The van der Waals surface area contributed by atoms with Crippen LogP contribution in [0.5, 0.6) is 0 Å². The first-order chi connectivity index (χ1) is 12.5. The molecule has 0 spiro atoms. The van der Waals surface area contributed by atoms with Crippen molar-refractivity contribution in [3.8, 4) is 0 Å². The predicted molar refractivity (Wildman–Crippen MR) is 101 cm³/mol. The second-order valence-corrected chi connectivity index (χ2v) is 7.58. The minimum absolute atomic E-state index is 0.0719. The molecule has 2 N–H and O–H groups in total. The number of amides is 2. The highest BCUT2D eigenvalue weighted by atomic mass is 35.5. The number of hydrogen-bond acceptors (Lipinski definition) is 3. The van der Waals surface area contributed by atoms with Gasteiger partial charge in [-0.05, 0) is 50.3 Å². The van der Waals surface area contributed by atoms with Crippen molar-refractivity contribution < 1.29 is 14.3 Å². The summed E-state index contributed by atoms with van der Waals surface area (Å²) in [5, 5.41) is 6.22. The lowest BCUT2D eigenvalue weighted by atomic mass is 9.95. The maximum absolute atomic E-state index is 12.9. The molecule has 1 fully saturated rings. The average Bonchev–Trinajstić information content (AvgIpc) is 2.85. The van der Waals surface area contributed by atoms with Crippen molar-refractivity contribution in [1.82, 2.24) is 10.6 Å². The van der Waals surface area contributed by atoms with Crippen molar-refractivity contribution in [2.24, 2.45) is 0 Å². The van der Waals surface area contributed by atoms with E-state index in [0.717, 1.165) is 25.7 Å². The summed E-state index contributed by atoms with van der Waals surface area (Å²) in [5.74, 6) is -0.405. The maximum Gasteiger partial charge on any atom is 0.338 e. The molecule has 0 aromatic heterocycles. The second-order valence-electron chi connectivity index (χ2n) is 6.76. The summed E-state index contributed by atoms with van der Waals surface area (Å²) in [6, 6.07) is 4.06. The van der Waals surface area contributed by atoms with Crippen molar-refractivity contribution in [2.45, 2.75) is 57.6 Å². The Morgan fingerprint density at radius 1 is 1.12 bits per heavy atom. The summed E-state index contributed by atoms with van der Waals surface area (Å²) in [5.41, 5.74) is 1.57. The molecular weight excluding hydrogens is 375 g/mol. The number of esters is 1. The zero-order valence-electron chi connectivity index (χ0n) is 14.6. The van der Waals surface area contributed by atoms with Crippen LogP contribution in [0.1, 0.15) is 57.1 Å². The maximum atomic E-state index is 12.9. The molecule has 7 heteroatoms. The molecular formula is C19H22Cl2N2O3. The SMILES string of the molecule is CC1=C(C(=O)OC2CCCCCC2)[C@@H](c2ccc(Cl)c(Cl)c2)NC(=O)N1. The third-order valence-electron chi connectivity index (χ3n) is 4.84. The third kappa shape index (κ3) is 4.33. The number of urea groups is 1. The van der Waals surface area contributed by atoms with Crippen LogP contribution in [0, 0.1) is 0 Å². The Balaban J connectivity index is 1.87. The van der Waals surface area contributed by atoms with Gasteiger partial charge in [-0.2, -0.15) is 0 Å². The highest BCUT2D eigenvalue weighted by molar-refractivity contribution is 6.42. The highest BCUT2D eigenvalue weighted by Gasteiger charge is 2.33. The van der Waals surface area contributed by atoms with E-state index in [9.17, 15) is 9.59 Å². The van der Waals surface area contributed by atoms with E-state index in [1.54, 1.807) is 25.1 Å². The molecule has 1 heterocycles. The van der Waals surface area contributed by atoms with Crippen LogP contribution in [0.15, 0.2) is 29.5 Å². The minimum atomic E-state index is -0.628. The smallest absolute Gasteiger partial charge is 0.338 e. The Morgan fingerprint density at radius 3 is 2.46 bits per heavy atom. The molecule has 0 radical (unpaired) electrons. The van der Waals surface area contributed by atoms with Crippen molar-refractivity contribution >= 4 is 35.2 Å².